The summed E-state index contributed by atoms with van der Waals surface area (Å²) >= 11 is 3.43. The number of rotatable bonds is 9. The van der Waals surface area contributed by atoms with Gasteiger partial charge in [0.1, 0.15) is 11.5 Å². The van der Waals surface area contributed by atoms with Gasteiger partial charge in [-0.15, -0.1) is 0 Å². The van der Waals surface area contributed by atoms with E-state index < -0.39 is 15.8 Å². The van der Waals surface area contributed by atoms with Gasteiger partial charge in [-0.25, -0.2) is 8.42 Å². The molecular formula is C21H25BrN2O4S. The second-order valence-corrected chi connectivity index (χ2v) is 10.1. The van der Waals surface area contributed by atoms with E-state index >= 15 is 0 Å². The van der Waals surface area contributed by atoms with Crippen LogP contribution in [0.25, 0.3) is 0 Å². The standard InChI is InChI=1S/C21H25BrN2O4S/c1-15(2)28-20-10-6-18(7-11-20)23-29(26,27)14-21(25)24(19-8-9-19)13-16-4-3-5-17(22)12-16/h3-7,10-12,15,19,23H,8-9,13-14H2,1-2H3. The van der Waals surface area contributed by atoms with Crippen LogP contribution in [0.3, 0.4) is 0 Å². The van der Waals surface area contributed by atoms with E-state index in [1.54, 1.807) is 29.2 Å². The third kappa shape index (κ3) is 6.75. The minimum absolute atomic E-state index is 0.0359. The molecule has 0 radical (unpaired) electrons. The first-order valence-corrected chi connectivity index (χ1v) is 12.0. The average molecular weight is 481 g/mol. The summed E-state index contributed by atoms with van der Waals surface area (Å²) in [5, 5.41) is 0. The first kappa shape index (κ1) is 21.6. The van der Waals surface area contributed by atoms with Crippen LogP contribution in [-0.4, -0.2) is 37.1 Å². The van der Waals surface area contributed by atoms with Crippen molar-refractivity contribution in [2.75, 3.05) is 10.5 Å². The van der Waals surface area contributed by atoms with Gasteiger partial charge in [-0.1, -0.05) is 28.1 Å². The predicted molar refractivity (Wildman–Crippen MR) is 117 cm³/mol. The highest BCUT2D eigenvalue weighted by Gasteiger charge is 2.34. The van der Waals surface area contributed by atoms with Crippen molar-refractivity contribution in [2.24, 2.45) is 0 Å². The summed E-state index contributed by atoms with van der Waals surface area (Å²) in [5.41, 5.74) is 1.37. The zero-order valence-electron chi connectivity index (χ0n) is 16.5. The van der Waals surface area contributed by atoms with Gasteiger partial charge in [0.25, 0.3) is 0 Å². The average Bonchev–Trinajstić information content (AvgIpc) is 3.45. The van der Waals surface area contributed by atoms with Crippen molar-refractivity contribution < 1.29 is 17.9 Å². The molecule has 0 bridgehead atoms. The second-order valence-electron chi connectivity index (χ2n) is 7.43. The fourth-order valence-corrected chi connectivity index (χ4v) is 4.48. The Labute approximate surface area is 180 Å². The fourth-order valence-electron chi connectivity index (χ4n) is 2.97. The van der Waals surface area contributed by atoms with Crippen LogP contribution in [0, 0.1) is 0 Å². The summed E-state index contributed by atoms with van der Waals surface area (Å²) in [4.78, 5) is 14.4. The van der Waals surface area contributed by atoms with Crippen LogP contribution >= 0.6 is 15.9 Å². The molecule has 3 rings (SSSR count). The molecule has 0 aromatic heterocycles. The fraction of sp³-hybridized carbons (Fsp3) is 0.381. The van der Waals surface area contributed by atoms with Gasteiger partial charge in [-0.05, 0) is 68.7 Å². The van der Waals surface area contributed by atoms with Crippen LogP contribution in [-0.2, 0) is 21.4 Å². The zero-order valence-corrected chi connectivity index (χ0v) is 18.9. The van der Waals surface area contributed by atoms with Gasteiger partial charge in [0.2, 0.25) is 15.9 Å². The quantitative estimate of drug-likeness (QED) is 0.584. The Morgan fingerprint density at radius 3 is 2.48 bits per heavy atom. The Balaban J connectivity index is 1.64. The van der Waals surface area contributed by atoms with E-state index in [9.17, 15) is 13.2 Å². The summed E-state index contributed by atoms with van der Waals surface area (Å²) in [6.07, 6.45) is 1.85. The Morgan fingerprint density at radius 1 is 1.21 bits per heavy atom. The highest BCUT2D eigenvalue weighted by atomic mass is 79.9. The van der Waals surface area contributed by atoms with Gasteiger partial charge in [0, 0.05) is 22.7 Å². The summed E-state index contributed by atoms with van der Waals surface area (Å²) in [6, 6.07) is 14.5. The SMILES string of the molecule is CC(C)Oc1ccc(NS(=O)(=O)CC(=O)N(Cc2cccc(Br)c2)C2CC2)cc1. The van der Waals surface area contributed by atoms with Crippen molar-refractivity contribution in [3.05, 3.63) is 58.6 Å². The lowest BCUT2D eigenvalue weighted by Crippen LogP contribution is -2.38. The van der Waals surface area contributed by atoms with E-state index in [-0.39, 0.29) is 18.1 Å². The zero-order chi connectivity index (χ0) is 21.0. The van der Waals surface area contributed by atoms with Crippen LogP contribution < -0.4 is 9.46 Å². The molecule has 0 saturated heterocycles. The maximum absolute atomic E-state index is 12.8. The highest BCUT2D eigenvalue weighted by Crippen LogP contribution is 2.29. The number of anilines is 1. The lowest BCUT2D eigenvalue weighted by molar-refractivity contribution is -0.129. The van der Waals surface area contributed by atoms with E-state index in [1.165, 1.54) is 0 Å². The van der Waals surface area contributed by atoms with Gasteiger partial charge in [0.15, 0.2) is 0 Å². The van der Waals surface area contributed by atoms with Gasteiger partial charge in [-0.3, -0.25) is 9.52 Å². The molecule has 1 fully saturated rings. The minimum atomic E-state index is -3.81. The monoisotopic (exact) mass is 480 g/mol. The summed E-state index contributed by atoms with van der Waals surface area (Å²) in [6.45, 7) is 4.24. The normalized spacial score (nSPS) is 13.9. The lowest BCUT2D eigenvalue weighted by Gasteiger charge is -2.23. The number of ether oxygens (including phenoxy) is 1. The van der Waals surface area contributed by atoms with Crippen molar-refractivity contribution in [1.82, 2.24) is 4.90 Å². The van der Waals surface area contributed by atoms with Crippen molar-refractivity contribution >= 4 is 37.5 Å². The maximum atomic E-state index is 12.8. The van der Waals surface area contributed by atoms with Gasteiger partial charge in [-0.2, -0.15) is 0 Å². The number of nitrogens with zero attached hydrogens (tertiary/aromatic N) is 1. The molecule has 1 saturated carbocycles. The third-order valence-corrected chi connectivity index (χ3v) is 6.03. The number of halogens is 1. The van der Waals surface area contributed by atoms with Gasteiger partial charge >= 0.3 is 0 Å². The van der Waals surface area contributed by atoms with E-state index in [2.05, 4.69) is 20.7 Å². The van der Waals surface area contributed by atoms with Crippen LogP contribution in [0.4, 0.5) is 5.69 Å². The smallest absolute Gasteiger partial charge is 0.241 e. The Hall–Kier alpha value is -2.06. The number of carbonyl (C=O) groups is 1. The number of carbonyl (C=O) groups excluding carboxylic acids is 1. The molecule has 1 aliphatic carbocycles. The number of hydrogen-bond acceptors (Lipinski definition) is 4. The topological polar surface area (TPSA) is 75.7 Å². The molecule has 1 aliphatic rings. The molecule has 2 aromatic carbocycles. The van der Waals surface area contributed by atoms with Crippen LogP contribution in [0.5, 0.6) is 5.75 Å². The van der Waals surface area contributed by atoms with E-state index in [4.69, 9.17) is 4.74 Å². The Bertz CT molecular complexity index is 957. The molecule has 0 heterocycles. The molecule has 8 heteroatoms. The largest absolute Gasteiger partial charge is 0.491 e. The maximum Gasteiger partial charge on any atom is 0.241 e. The molecule has 29 heavy (non-hydrogen) atoms. The van der Waals surface area contributed by atoms with Crippen molar-refractivity contribution in [3.8, 4) is 5.75 Å². The molecule has 2 aromatic rings. The summed E-state index contributed by atoms with van der Waals surface area (Å²) < 4.78 is 34.0. The molecule has 1 N–H and O–H groups in total. The first-order valence-electron chi connectivity index (χ1n) is 9.53. The minimum Gasteiger partial charge on any atom is -0.491 e. The van der Waals surface area contributed by atoms with E-state index in [0.717, 1.165) is 22.9 Å². The molecule has 156 valence electrons. The molecule has 0 atom stereocenters. The molecule has 6 nitrogen and oxygen atoms in total. The van der Waals surface area contributed by atoms with E-state index in [0.29, 0.717) is 18.0 Å². The van der Waals surface area contributed by atoms with Gasteiger partial charge < -0.3 is 9.64 Å². The molecule has 0 unspecified atom stereocenters. The number of amides is 1. The predicted octanol–water partition coefficient (Wildman–Crippen LogP) is 4.17. The highest BCUT2D eigenvalue weighted by molar-refractivity contribution is 9.10. The summed E-state index contributed by atoms with van der Waals surface area (Å²) in [7, 11) is -3.81. The number of hydrogen-bond donors (Lipinski definition) is 1. The number of benzene rings is 2. The third-order valence-electron chi connectivity index (χ3n) is 4.36. The first-order chi connectivity index (χ1) is 13.7. The molecule has 0 aliphatic heterocycles. The number of nitrogens with one attached hydrogen (secondary N) is 1. The van der Waals surface area contributed by atoms with Crippen molar-refractivity contribution in [1.29, 1.82) is 0 Å². The molecule has 0 spiro atoms. The van der Waals surface area contributed by atoms with Gasteiger partial charge in [0.05, 0.1) is 6.10 Å². The summed E-state index contributed by atoms with van der Waals surface area (Å²) in [5.74, 6) is -0.311. The van der Waals surface area contributed by atoms with Crippen molar-refractivity contribution in [3.63, 3.8) is 0 Å². The second kappa shape index (κ2) is 9.17. The Kier molecular flexibility index (Phi) is 6.85. The Morgan fingerprint density at radius 2 is 1.90 bits per heavy atom. The van der Waals surface area contributed by atoms with Crippen LogP contribution in [0.15, 0.2) is 53.0 Å². The van der Waals surface area contributed by atoms with Crippen LogP contribution in [0.1, 0.15) is 32.3 Å². The molecular weight excluding hydrogens is 456 g/mol. The molecule has 1 amide bonds. The van der Waals surface area contributed by atoms with Crippen molar-refractivity contribution in [2.45, 2.75) is 45.4 Å². The number of sulfonamides is 1. The van der Waals surface area contributed by atoms with Crippen LogP contribution in [0.2, 0.25) is 0 Å². The lowest BCUT2D eigenvalue weighted by atomic mass is 10.2. The van der Waals surface area contributed by atoms with E-state index in [1.807, 2.05) is 38.1 Å².